The van der Waals surface area contributed by atoms with Crippen LogP contribution in [0.1, 0.15) is 12.1 Å². The smallest absolute Gasteiger partial charge is 0.358 e. The molecule has 0 spiro atoms. The zero-order valence-corrected chi connectivity index (χ0v) is 11.1. The van der Waals surface area contributed by atoms with E-state index < -0.39 is 4.92 Å². The van der Waals surface area contributed by atoms with Gasteiger partial charge in [-0.05, 0) is 11.8 Å². The van der Waals surface area contributed by atoms with Crippen LogP contribution in [0.15, 0.2) is 18.5 Å². The molecular formula is C11H14N6O3. The van der Waals surface area contributed by atoms with Crippen molar-refractivity contribution in [3.05, 3.63) is 34.3 Å². The van der Waals surface area contributed by atoms with E-state index in [1.807, 2.05) is 0 Å². The van der Waals surface area contributed by atoms with Crippen molar-refractivity contribution in [1.82, 2.24) is 19.6 Å². The molecule has 0 fully saturated rings. The maximum atomic E-state index is 11.8. The topological polar surface area (TPSA) is 108 Å². The monoisotopic (exact) mass is 278 g/mol. The highest BCUT2D eigenvalue weighted by atomic mass is 16.6. The molecule has 0 radical (unpaired) electrons. The van der Waals surface area contributed by atoms with E-state index in [1.165, 1.54) is 16.9 Å². The first-order chi connectivity index (χ1) is 9.45. The lowest BCUT2D eigenvalue weighted by Crippen LogP contribution is -2.15. The molecule has 0 aliphatic rings. The molecule has 9 heteroatoms. The number of aromatic nitrogens is 4. The average molecular weight is 278 g/mol. The zero-order chi connectivity index (χ0) is 14.7. The quantitative estimate of drug-likeness (QED) is 0.644. The predicted molar refractivity (Wildman–Crippen MR) is 70.1 cm³/mol. The maximum Gasteiger partial charge on any atom is 0.389 e. The largest absolute Gasteiger partial charge is 0.389 e. The number of carbonyl (C=O) groups excluding carboxylic acids is 1. The number of hydrogen-bond acceptors (Lipinski definition) is 5. The molecule has 0 saturated heterocycles. The molecule has 0 bridgehead atoms. The molecule has 0 aliphatic carbocycles. The normalized spacial score (nSPS) is 10.5. The van der Waals surface area contributed by atoms with E-state index >= 15 is 0 Å². The van der Waals surface area contributed by atoms with Gasteiger partial charge in [-0.2, -0.15) is 9.78 Å². The Morgan fingerprint density at radius 3 is 2.80 bits per heavy atom. The number of nitrogens with zero attached hydrogens (tertiary/aromatic N) is 5. The van der Waals surface area contributed by atoms with Gasteiger partial charge in [0.15, 0.2) is 0 Å². The molecule has 1 N–H and O–H groups in total. The summed E-state index contributed by atoms with van der Waals surface area (Å²) in [6.07, 6.45) is 3.36. The van der Waals surface area contributed by atoms with Crippen LogP contribution in [-0.4, -0.2) is 30.4 Å². The van der Waals surface area contributed by atoms with Crippen molar-refractivity contribution in [2.45, 2.75) is 19.9 Å². The summed E-state index contributed by atoms with van der Waals surface area (Å²) in [6, 6.07) is 1.29. The van der Waals surface area contributed by atoms with Gasteiger partial charge in [0, 0.05) is 19.7 Å². The summed E-state index contributed by atoms with van der Waals surface area (Å²) in [4.78, 5) is 21.7. The third-order valence-corrected chi connectivity index (χ3v) is 2.67. The van der Waals surface area contributed by atoms with Crippen LogP contribution in [0.4, 0.5) is 11.5 Å². The first-order valence-electron chi connectivity index (χ1n) is 5.93. The molecule has 2 aromatic heterocycles. The van der Waals surface area contributed by atoms with Crippen LogP contribution in [0, 0.1) is 17.0 Å². The van der Waals surface area contributed by atoms with Crippen molar-refractivity contribution < 1.29 is 9.72 Å². The summed E-state index contributed by atoms with van der Waals surface area (Å²) >= 11 is 0. The van der Waals surface area contributed by atoms with Crippen molar-refractivity contribution in [1.29, 1.82) is 0 Å². The van der Waals surface area contributed by atoms with Crippen LogP contribution in [0.25, 0.3) is 0 Å². The van der Waals surface area contributed by atoms with Crippen LogP contribution < -0.4 is 5.32 Å². The van der Waals surface area contributed by atoms with Gasteiger partial charge in [0.2, 0.25) is 5.91 Å². The molecule has 2 heterocycles. The third-order valence-electron chi connectivity index (χ3n) is 2.67. The van der Waals surface area contributed by atoms with E-state index in [0.29, 0.717) is 5.69 Å². The summed E-state index contributed by atoms with van der Waals surface area (Å²) in [6.45, 7) is 2.07. The minimum atomic E-state index is -0.574. The van der Waals surface area contributed by atoms with E-state index in [9.17, 15) is 14.9 Å². The molecule has 2 rings (SSSR count). The van der Waals surface area contributed by atoms with Crippen LogP contribution in [-0.2, 0) is 18.4 Å². The maximum absolute atomic E-state index is 11.8. The van der Waals surface area contributed by atoms with Gasteiger partial charge in [-0.3, -0.25) is 9.48 Å². The number of nitrogens with one attached hydrogen (secondary N) is 1. The van der Waals surface area contributed by atoms with Crippen molar-refractivity contribution in [3.63, 3.8) is 0 Å². The van der Waals surface area contributed by atoms with E-state index in [4.69, 9.17) is 0 Å². The molecule has 1 amide bonds. The van der Waals surface area contributed by atoms with Crippen molar-refractivity contribution in [2.75, 3.05) is 5.32 Å². The summed E-state index contributed by atoms with van der Waals surface area (Å²) in [5.41, 5.74) is 1.39. The van der Waals surface area contributed by atoms with Gasteiger partial charge < -0.3 is 15.4 Å². The lowest BCUT2D eigenvalue weighted by molar-refractivity contribution is -0.389. The summed E-state index contributed by atoms with van der Waals surface area (Å²) < 4.78 is 2.98. The highest BCUT2D eigenvalue weighted by Gasteiger charge is 2.12. The molecular weight excluding hydrogens is 264 g/mol. The van der Waals surface area contributed by atoms with Gasteiger partial charge in [-0.1, -0.05) is 0 Å². The van der Waals surface area contributed by atoms with E-state index in [1.54, 1.807) is 24.9 Å². The molecule has 9 nitrogen and oxygen atoms in total. The highest BCUT2D eigenvalue weighted by molar-refractivity contribution is 5.91. The van der Waals surface area contributed by atoms with Gasteiger partial charge in [0.25, 0.3) is 0 Å². The molecule has 0 aliphatic heterocycles. The summed E-state index contributed by atoms with van der Waals surface area (Å²) in [7, 11) is 1.77. The molecule has 0 aromatic carbocycles. The Kier molecular flexibility index (Phi) is 3.78. The summed E-state index contributed by atoms with van der Waals surface area (Å²) in [5, 5.41) is 21.1. The third kappa shape index (κ3) is 3.19. The van der Waals surface area contributed by atoms with Gasteiger partial charge >= 0.3 is 5.82 Å². The number of carbonyl (C=O) groups is 1. The van der Waals surface area contributed by atoms with Crippen molar-refractivity contribution in [3.8, 4) is 0 Å². The Labute approximate surface area is 114 Å². The molecule has 2 aromatic rings. The van der Waals surface area contributed by atoms with Gasteiger partial charge in [-0.15, -0.1) is 0 Å². The fraction of sp³-hybridized carbons (Fsp3) is 0.364. The second kappa shape index (κ2) is 5.51. The number of nitro groups is 1. The molecule has 0 atom stereocenters. The van der Waals surface area contributed by atoms with Crippen LogP contribution in [0.3, 0.4) is 0 Å². The second-order valence-electron chi connectivity index (χ2n) is 4.29. The van der Waals surface area contributed by atoms with Crippen LogP contribution in [0.2, 0.25) is 0 Å². The number of amides is 1. The van der Waals surface area contributed by atoms with Gasteiger partial charge in [0.05, 0.1) is 35.3 Å². The first kappa shape index (κ1) is 13.7. The minimum absolute atomic E-state index is 0.174. The van der Waals surface area contributed by atoms with Gasteiger partial charge in [0.1, 0.15) is 0 Å². The number of anilines is 1. The highest BCUT2D eigenvalue weighted by Crippen LogP contribution is 2.12. The SMILES string of the molecule is Cc1nn(C)cc1NC(=O)CCn1ccc([N+](=O)[O-])n1. The lowest BCUT2D eigenvalue weighted by atomic mass is 10.3. The number of rotatable bonds is 5. The standard InChI is InChI=1S/C11H14N6O3/c1-8-9(7-15(2)13-8)12-11(18)4-6-16-5-3-10(14-16)17(19)20/h3,5,7H,4,6H2,1-2H3,(H,12,18). The summed E-state index contributed by atoms with van der Waals surface area (Å²) in [5.74, 6) is -0.423. The fourth-order valence-corrected chi connectivity index (χ4v) is 1.72. The fourth-order valence-electron chi connectivity index (χ4n) is 1.72. The Hall–Kier alpha value is -2.71. The number of aryl methyl sites for hydroxylation is 3. The molecule has 20 heavy (non-hydrogen) atoms. The Bertz CT molecular complexity index is 644. The number of hydrogen-bond donors (Lipinski definition) is 1. The van der Waals surface area contributed by atoms with Crippen molar-refractivity contribution >= 4 is 17.4 Å². The zero-order valence-electron chi connectivity index (χ0n) is 11.1. The van der Waals surface area contributed by atoms with E-state index in [-0.39, 0.29) is 24.7 Å². The van der Waals surface area contributed by atoms with E-state index in [2.05, 4.69) is 15.5 Å². The van der Waals surface area contributed by atoms with Crippen LogP contribution in [0.5, 0.6) is 0 Å². The van der Waals surface area contributed by atoms with Gasteiger partial charge in [-0.25, -0.2) is 0 Å². The molecule has 0 unspecified atom stereocenters. The van der Waals surface area contributed by atoms with Crippen LogP contribution >= 0.6 is 0 Å². The molecule has 0 saturated carbocycles. The van der Waals surface area contributed by atoms with E-state index in [0.717, 1.165) is 5.69 Å². The Morgan fingerprint density at radius 2 is 2.25 bits per heavy atom. The predicted octanol–water partition coefficient (Wildman–Crippen LogP) is 0.862. The lowest BCUT2D eigenvalue weighted by Gasteiger charge is -2.02. The first-order valence-corrected chi connectivity index (χ1v) is 5.93. The average Bonchev–Trinajstić information content (AvgIpc) is 2.94. The minimum Gasteiger partial charge on any atom is -0.358 e. The Morgan fingerprint density at radius 1 is 1.50 bits per heavy atom. The Balaban J connectivity index is 1.88. The second-order valence-corrected chi connectivity index (χ2v) is 4.29. The molecule has 106 valence electrons. The van der Waals surface area contributed by atoms with Crippen molar-refractivity contribution in [2.24, 2.45) is 7.05 Å².